The van der Waals surface area contributed by atoms with Gasteiger partial charge in [0.1, 0.15) is 16.7 Å². The van der Waals surface area contributed by atoms with Gasteiger partial charge in [-0.25, -0.2) is 0 Å². The lowest BCUT2D eigenvalue weighted by molar-refractivity contribution is 0.660. The number of hydrogen-bond acceptors (Lipinski definition) is 3. The maximum atomic E-state index is 6.79. The highest BCUT2D eigenvalue weighted by molar-refractivity contribution is 6.15. The number of fused-ring (bicyclic) bond motifs is 10. The lowest BCUT2D eigenvalue weighted by Crippen LogP contribution is -2.17. The Kier molecular flexibility index (Phi) is 6.01. The molecule has 0 atom stereocenters. The molecule has 0 unspecified atom stereocenters. The third-order valence-electron chi connectivity index (χ3n) is 11.2. The van der Waals surface area contributed by atoms with E-state index in [-0.39, 0.29) is 5.41 Å². The fourth-order valence-corrected chi connectivity index (χ4v) is 8.74. The second-order valence-electron chi connectivity index (χ2n) is 14.5. The molecule has 0 saturated heterocycles. The standard InChI is InChI=1S/C49H33NO2/c1-49(2)41-21-8-5-15-33(41)34-26-25-32(29-42(34)49)50(44-23-12-20-38-36-17-7-10-24-45(36)51-48(38)44)43-22-9-6-16-35(43)37-18-11-19-39-40-27-30-13-3-4-14-31(30)28-46(40)52-47(37)39/h3-29H,1-2H3. The molecule has 0 fully saturated rings. The molecule has 8 aromatic carbocycles. The Morgan fingerprint density at radius 2 is 1.02 bits per heavy atom. The van der Waals surface area contributed by atoms with Crippen LogP contribution in [0.3, 0.4) is 0 Å². The van der Waals surface area contributed by atoms with Crippen molar-refractivity contribution in [2.24, 2.45) is 0 Å². The van der Waals surface area contributed by atoms with Gasteiger partial charge in [-0.05, 0) is 75.5 Å². The summed E-state index contributed by atoms with van der Waals surface area (Å²) in [5.41, 5.74) is 13.9. The number of furan rings is 2. The van der Waals surface area contributed by atoms with Gasteiger partial charge in [0.15, 0.2) is 5.58 Å². The Morgan fingerprint density at radius 1 is 0.404 bits per heavy atom. The fraction of sp³-hybridized carbons (Fsp3) is 0.0612. The molecule has 52 heavy (non-hydrogen) atoms. The molecule has 3 nitrogen and oxygen atoms in total. The Hall–Kier alpha value is -6.58. The van der Waals surface area contributed by atoms with Crippen LogP contribution in [0.2, 0.25) is 0 Å². The number of hydrogen-bond donors (Lipinski definition) is 0. The second kappa shape index (κ2) is 10.7. The number of anilines is 3. The fourth-order valence-electron chi connectivity index (χ4n) is 8.74. The minimum atomic E-state index is -0.151. The van der Waals surface area contributed by atoms with Crippen LogP contribution in [0.25, 0.3) is 76.9 Å². The zero-order chi connectivity index (χ0) is 34.6. The van der Waals surface area contributed by atoms with E-state index in [0.29, 0.717) is 0 Å². The van der Waals surface area contributed by atoms with Gasteiger partial charge < -0.3 is 13.7 Å². The van der Waals surface area contributed by atoms with E-state index in [1.165, 1.54) is 33.0 Å². The van der Waals surface area contributed by atoms with Gasteiger partial charge >= 0.3 is 0 Å². The Bertz CT molecular complexity index is 3070. The van der Waals surface area contributed by atoms with Crippen molar-refractivity contribution in [3.05, 3.63) is 175 Å². The third kappa shape index (κ3) is 4.08. The van der Waals surface area contributed by atoms with Crippen molar-refractivity contribution < 1.29 is 8.83 Å². The molecule has 0 spiro atoms. The van der Waals surface area contributed by atoms with Crippen LogP contribution in [0.1, 0.15) is 25.0 Å². The maximum Gasteiger partial charge on any atom is 0.159 e. The van der Waals surface area contributed by atoms with Gasteiger partial charge in [-0.3, -0.25) is 0 Å². The highest BCUT2D eigenvalue weighted by Crippen LogP contribution is 2.52. The Morgan fingerprint density at radius 3 is 1.90 bits per heavy atom. The predicted octanol–water partition coefficient (Wildman–Crippen LogP) is 14.1. The van der Waals surface area contributed by atoms with Crippen molar-refractivity contribution in [2.75, 3.05) is 4.90 Å². The van der Waals surface area contributed by atoms with Crippen LogP contribution in [0.5, 0.6) is 0 Å². The van der Waals surface area contributed by atoms with E-state index in [1.54, 1.807) is 0 Å². The lowest BCUT2D eigenvalue weighted by atomic mass is 9.82. The van der Waals surface area contributed by atoms with Gasteiger partial charge in [-0.15, -0.1) is 0 Å². The smallest absolute Gasteiger partial charge is 0.159 e. The van der Waals surface area contributed by atoms with Crippen LogP contribution in [-0.4, -0.2) is 0 Å². The van der Waals surface area contributed by atoms with Crippen LogP contribution in [0.15, 0.2) is 173 Å². The minimum absolute atomic E-state index is 0.151. The van der Waals surface area contributed by atoms with Crippen molar-refractivity contribution in [3.8, 4) is 22.3 Å². The zero-order valence-electron chi connectivity index (χ0n) is 28.9. The highest BCUT2D eigenvalue weighted by atomic mass is 16.3. The van der Waals surface area contributed by atoms with E-state index < -0.39 is 0 Å². The molecule has 11 rings (SSSR count). The van der Waals surface area contributed by atoms with Crippen molar-refractivity contribution in [1.29, 1.82) is 0 Å². The second-order valence-corrected chi connectivity index (χ2v) is 14.5. The van der Waals surface area contributed by atoms with Gasteiger partial charge in [0.25, 0.3) is 0 Å². The summed E-state index contributed by atoms with van der Waals surface area (Å²) >= 11 is 0. The summed E-state index contributed by atoms with van der Waals surface area (Å²) < 4.78 is 13.5. The van der Waals surface area contributed by atoms with Crippen LogP contribution in [0.4, 0.5) is 17.1 Å². The van der Waals surface area contributed by atoms with Gasteiger partial charge in [0, 0.05) is 43.8 Å². The SMILES string of the molecule is CC1(C)c2ccccc2-c2ccc(N(c3ccccc3-c3cccc4c3oc3cc5ccccc5cc34)c3cccc4c3oc3ccccc34)cc21. The van der Waals surface area contributed by atoms with E-state index in [1.807, 2.05) is 6.07 Å². The molecule has 0 radical (unpaired) electrons. The molecule has 2 aromatic heterocycles. The van der Waals surface area contributed by atoms with Crippen LogP contribution in [-0.2, 0) is 5.41 Å². The monoisotopic (exact) mass is 667 g/mol. The van der Waals surface area contributed by atoms with Gasteiger partial charge in [-0.2, -0.15) is 0 Å². The molecule has 0 bridgehead atoms. The summed E-state index contributed by atoms with van der Waals surface area (Å²) in [5.74, 6) is 0. The first kappa shape index (κ1) is 29.2. The molecule has 2 heterocycles. The Balaban J connectivity index is 1.19. The van der Waals surface area contributed by atoms with Crippen LogP contribution >= 0.6 is 0 Å². The number of rotatable bonds is 4. The van der Waals surface area contributed by atoms with Gasteiger partial charge in [0.2, 0.25) is 0 Å². The topological polar surface area (TPSA) is 29.5 Å². The molecule has 0 amide bonds. The average Bonchev–Trinajstić information content (AvgIpc) is 3.82. The van der Waals surface area contributed by atoms with Crippen LogP contribution < -0.4 is 4.90 Å². The van der Waals surface area contributed by atoms with E-state index in [0.717, 1.165) is 72.1 Å². The van der Waals surface area contributed by atoms with Crippen molar-refractivity contribution in [1.82, 2.24) is 0 Å². The molecule has 10 aromatic rings. The largest absolute Gasteiger partial charge is 0.455 e. The van der Waals surface area contributed by atoms with E-state index >= 15 is 0 Å². The summed E-state index contributed by atoms with van der Waals surface area (Å²) in [4.78, 5) is 2.38. The number of benzene rings is 8. The van der Waals surface area contributed by atoms with Gasteiger partial charge in [0.05, 0.1) is 11.4 Å². The summed E-state index contributed by atoms with van der Waals surface area (Å²) in [6.07, 6.45) is 0. The lowest BCUT2D eigenvalue weighted by Gasteiger charge is -2.29. The molecule has 0 aliphatic heterocycles. The molecule has 246 valence electrons. The molecular weight excluding hydrogens is 635 g/mol. The van der Waals surface area contributed by atoms with Crippen molar-refractivity contribution >= 4 is 71.7 Å². The zero-order valence-corrected chi connectivity index (χ0v) is 28.9. The molecule has 0 saturated carbocycles. The third-order valence-corrected chi connectivity index (χ3v) is 11.2. The number of nitrogens with zero attached hydrogens (tertiary/aromatic N) is 1. The normalized spacial score (nSPS) is 13.3. The van der Waals surface area contributed by atoms with E-state index in [4.69, 9.17) is 8.83 Å². The van der Waals surface area contributed by atoms with E-state index in [9.17, 15) is 0 Å². The summed E-state index contributed by atoms with van der Waals surface area (Å²) in [6.45, 7) is 4.68. The number of para-hydroxylation sites is 4. The Labute approximate surface area is 301 Å². The summed E-state index contributed by atoms with van der Waals surface area (Å²) in [5, 5.41) is 6.81. The summed E-state index contributed by atoms with van der Waals surface area (Å²) in [7, 11) is 0. The first-order chi connectivity index (χ1) is 25.5. The highest BCUT2D eigenvalue weighted by Gasteiger charge is 2.36. The molecule has 1 aliphatic carbocycles. The molecule has 0 N–H and O–H groups in total. The van der Waals surface area contributed by atoms with E-state index in [2.05, 4.69) is 176 Å². The maximum absolute atomic E-state index is 6.79. The predicted molar refractivity (Wildman–Crippen MR) is 216 cm³/mol. The first-order valence-corrected chi connectivity index (χ1v) is 17.9. The average molecular weight is 668 g/mol. The summed E-state index contributed by atoms with van der Waals surface area (Å²) in [6, 6.07) is 58.7. The van der Waals surface area contributed by atoms with Gasteiger partial charge in [-0.1, -0.05) is 135 Å². The molecular formula is C49H33NO2. The molecule has 3 heteroatoms. The quantitative estimate of drug-likeness (QED) is 0.187. The van der Waals surface area contributed by atoms with Crippen molar-refractivity contribution in [3.63, 3.8) is 0 Å². The van der Waals surface area contributed by atoms with Crippen LogP contribution in [0, 0.1) is 0 Å². The minimum Gasteiger partial charge on any atom is -0.455 e. The first-order valence-electron chi connectivity index (χ1n) is 17.9. The molecule has 1 aliphatic rings. The van der Waals surface area contributed by atoms with Crippen molar-refractivity contribution in [2.45, 2.75) is 19.3 Å².